The lowest BCUT2D eigenvalue weighted by Gasteiger charge is -2.52. The number of aliphatic hydroxyl groups excluding tert-OH is 1. The quantitative estimate of drug-likeness (QED) is 0.524. The molecule has 2 heterocycles. The second-order valence-corrected chi connectivity index (χ2v) is 10.6. The second-order valence-electron chi connectivity index (χ2n) is 10.6. The molecule has 2 aliphatic carbocycles. The van der Waals surface area contributed by atoms with E-state index in [4.69, 9.17) is 4.74 Å². The third-order valence-electron chi connectivity index (χ3n) is 8.94. The van der Waals surface area contributed by atoms with E-state index >= 15 is 0 Å². The zero-order valence-electron chi connectivity index (χ0n) is 19.7. The second kappa shape index (κ2) is 8.55. The SMILES string of the molecule is C[C@@H]1CCC=C2C[C@H]3OC(=O)[C@H](CN4CCN(c5cccc(C(F)(F)F)c5)CC4)[C@H]3[C@H](O)[C@@]21C. The Balaban J connectivity index is 1.26. The smallest absolute Gasteiger partial charge is 0.416 e. The fraction of sp³-hybridized carbons (Fsp3) is 0.654. The van der Waals surface area contributed by atoms with Gasteiger partial charge in [0.2, 0.25) is 0 Å². The first kappa shape index (κ1) is 23.7. The normalized spacial score (nSPS) is 36.5. The Morgan fingerprint density at radius 1 is 1.21 bits per heavy atom. The largest absolute Gasteiger partial charge is 0.461 e. The Hall–Kier alpha value is -2.06. The van der Waals surface area contributed by atoms with Crippen molar-refractivity contribution in [1.82, 2.24) is 4.90 Å². The fourth-order valence-corrected chi connectivity index (χ4v) is 6.62. The maximum atomic E-state index is 13.1. The standard InChI is InChI=1S/C26H33F3N2O3/c1-16-5-3-6-17-14-21-22(23(32)25(16,17)2)20(24(33)34-21)15-30-9-11-31(12-10-30)19-8-4-7-18(13-19)26(27,28)29/h4,6-8,13,16,20-23,32H,3,5,9-12,14-15H2,1-2H3/t16-,20-,21-,22-,23+,25-/m1/s1. The molecule has 2 saturated heterocycles. The van der Waals surface area contributed by atoms with E-state index in [1.165, 1.54) is 17.7 Å². The average molecular weight is 479 g/mol. The van der Waals surface area contributed by atoms with Gasteiger partial charge in [0.15, 0.2) is 0 Å². The van der Waals surface area contributed by atoms with Crippen LogP contribution in [0.25, 0.3) is 0 Å². The number of carbonyl (C=O) groups is 1. The predicted molar refractivity (Wildman–Crippen MR) is 122 cm³/mol. The first-order valence-corrected chi connectivity index (χ1v) is 12.3. The van der Waals surface area contributed by atoms with Crippen molar-refractivity contribution in [3.63, 3.8) is 0 Å². The van der Waals surface area contributed by atoms with Crippen LogP contribution in [0.15, 0.2) is 35.9 Å². The number of hydrogen-bond donors (Lipinski definition) is 1. The molecule has 0 aromatic heterocycles. The summed E-state index contributed by atoms with van der Waals surface area (Å²) in [5, 5.41) is 11.5. The van der Waals surface area contributed by atoms with Gasteiger partial charge in [-0.25, -0.2) is 0 Å². The van der Waals surface area contributed by atoms with Gasteiger partial charge < -0.3 is 14.7 Å². The minimum atomic E-state index is -4.36. The van der Waals surface area contributed by atoms with Gasteiger partial charge in [-0.15, -0.1) is 0 Å². The number of halogens is 3. The molecule has 1 aromatic carbocycles. The molecule has 5 nitrogen and oxygen atoms in total. The Bertz CT molecular complexity index is 972. The number of esters is 1. The number of rotatable bonds is 3. The number of ether oxygens (including phenoxy) is 1. The van der Waals surface area contributed by atoms with Crippen LogP contribution in [0.5, 0.6) is 0 Å². The molecule has 0 bridgehead atoms. The molecule has 3 fully saturated rings. The van der Waals surface area contributed by atoms with Crippen molar-refractivity contribution >= 4 is 11.7 Å². The van der Waals surface area contributed by atoms with E-state index in [1.54, 1.807) is 6.07 Å². The van der Waals surface area contributed by atoms with E-state index in [1.807, 2.05) is 4.90 Å². The molecular weight excluding hydrogens is 445 g/mol. The van der Waals surface area contributed by atoms with Gasteiger partial charge in [-0.2, -0.15) is 13.2 Å². The molecule has 6 atom stereocenters. The molecule has 5 rings (SSSR count). The van der Waals surface area contributed by atoms with Gasteiger partial charge in [0.1, 0.15) is 6.10 Å². The van der Waals surface area contributed by atoms with Gasteiger partial charge in [0.05, 0.1) is 17.6 Å². The third-order valence-corrected chi connectivity index (χ3v) is 8.94. The van der Waals surface area contributed by atoms with Gasteiger partial charge in [0, 0.05) is 56.2 Å². The van der Waals surface area contributed by atoms with Crippen molar-refractivity contribution in [2.45, 2.75) is 51.5 Å². The Kier molecular flexibility index (Phi) is 5.96. The Morgan fingerprint density at radius 2 is 1.94 bits per heavy atom. The molecule has 2 aliphatic heterocycles. The van der Waals surface area contributed by atoms with E-state index < -0.39 is 17.8 Å². The van der Waals surface area contributed by atoms with Crippen LogP contribution in [0, 0.1) is 23.2 Å². The summed E-state index contributed by atoms with van der Waals surface area (Å²) in [4.78, 5) is 17.0. The molecule has 1 saturated carbocycles. The number of piperazine rings is 1. The van der Waals surface area contributed by atoms with E-state index in [0.29, 0.717) is 50.7 Å². The number of carbonyl (C=O) groups excluding carboxylic acids is 1. The van der Waals surface area contributed by atoms with Crippen molar-refractivity contribution in [2.75, 3.05) is 37.6 Å². The van der Waals surface area contributed by atoms with Crippen molar-refractivity contribution in [1.29, 1.82) is 0 Å². The predicted octanol–water partition coefficient (Wildman–Crippen LogP) is 4.11. The van der Waals surface area contributed by atoms with Crippen LogP contribution in [0.3, 0.4) is 0 Å². The summed E-state index contributed by atoms with van der Waals surface area (Å²) < 4.78 is 45.0. The van der Waals surface area contributed by atoms with E-state index in [0.717, 1.165) is 18.9 Å². The number of anilines is 1. The molecule has 1 aromatic rings. The lowest BCUT2D eigenvalue weighted by atomic mass is 9.55. The summed E-state index contributed by atoms with van der Waals surface area (Å²) in [5.74, 6) is -0.495. The third kappa shape index (κ3) is 3.92. The summed E-state index contributed by atoms with van der Waals surface area (Å²) >= 11 is 0. The zero-order chi connectivity index (χ0) is 24.3. The van der Waals surface area contributed by atoms with Gasteiger partial charge in [-0.05, 0) is 37.0 Å². The van der Waals surface area contributed by atoms with Crippen molar-refractivity contribution in [2.24, 2.45) is 23.2 Å². The summed E-state index contributed by atoms with van der Waals surface area (Å²) in [5.41, 5.74) is 0.824. The van der Waals surface area contributed by atoms with Gasteiger partial charge in [0.25, 0.3) is 0 Å². The number of aliphatic hydroxyl groups is 1. The lowest BCUT2D eigenvalue weighted by molar-refractivity contribution is -0.145. The number of nitrogens with zero attached hydrogens (tertiary/aromatic N) is 2. The molecule has 0 amide bonds. The fourth-order valence-electron chi connectivity index (χ4n) is 6.62. The first-order valence-electron chi connectivity index (χ1n) is 12.3. The molecule has 0 radical (unpaired) electrons. The molecule has 8 heteroatoms. The minimum absolute atomic E-state index is 0.225. The molecule has 4 aliphatic rings. The monoisotopic (exact) mass is 478 g/mol. The van der Waals surface area contributed by atoms with Crippen LogP contribution in [0.2, 0.25) is 0 Å². The van der Waals surface area contributed by atoms with Gasteiger partial charge >= 0.3 is 12.1 Å². The van der Waals surface area contributed by atoms with Gasteiger partial charge in [-0.1, -0.05) is 31.6 Å². The van der Waals surface area contributed by atoms with Crippen LogP contribution >= 0.6 is 0 Å². The van der Waals surface area contributed by atoms with E-state index in [-0.39, 0.29) is 29.3 Å². The highest BCUT2D eigenvalue weighted by atomic mass is 19.4. The van der Waals surface area contributed by atoms with Crippen molar-refractivity contribution in [3.05, 3.63) is 41.5 Å². The van der Waals surface area contributed by atoms with E-state index in [2.05, 4.69) is 24.8 Å². The topological polar surface area (TPSA) is 53.0 Å². The number of benzene rings is 1. The van der Waals surface area contributed by atoms with Crippen LogP contribution in [0.4, 0.5) is 18.9 Å². The van der Waals surface area contributed by atoms with Gasteiger partial charge in [-0.3, -0.25) is 9.69 Å². The lowest BCUT2D eigenvalue weighted by Crippen LogP contribution is -2.55. The zero-order valence-corrected chi connectivity index (χ0v) is 19.7. The highest BCUT2D eigenvalue weighted by molar-refractivity contribution is 5.76. The Morgan fingerprint density at radius 3 is 2.65 bits per heavy atom. The van der Waals surface area contributed by atoms with Crippen molar-refractivity contribution < 1.29 is 27.8 Å². The van der Waals surface area contributed by atoms with E-state index in [9.17, 15) is 23.1 Å². The molecule has 34 heavy (non-hydrogen) atoms. The molecule has 186 valence electrons. The first-order chi connectivity index (χ1) is 16.1. The maximum absolute atomic E-state index is 13.1. The number of fused-ring (bicyclic) bond motifs is 2. The highest BCUT2D eigenvalue weighted by Crippen LogP contribution is 2.56. The summed E-state index contributed by atoms with van der Waals surface area (Å²) in [6.07, 6.45) is -0.296. The molecule has 0 spiro atoms. The van der Waals surface area contributed by atoms with Crippen LogP contribution in [-0.4, -0.2) is 60.9 Å². The number of alkyl halides is 3. The van der Waals surface area contributed by atoms with Crippen LogP contribution in [0.1, 0.15) is 38.7 Å². The minimum Gasteiger partial charge on any atom is -0.461 e. The number of allylic oxidation sites excluding steroid dienone is 1. The van der Waals surface area contributed by atoms with Crippen molar-refractivity contribution in [3.8, 4) is 0 Å². The van der Waals surface area contributed by atoms with Crippen LogP contribution < -0.4 is 4.90 Å². The summed E-state index contributed by atoms with van der Waals surface area (Å²) in [6, 6.07) is 5.44. The maximum Gasteiger partial charge on any atom is 0.416 e. The molecule has 1 N–H and O–H groups in total. The average Bonchev–Trinajstić information content (AvgIpc) is 3.11. The highest BCUT2D eigenvalue weighted by Gasteiger charge is 2.59. The Labute approximate surface area is 198 Å². The number of hydrogen-bond acceptors (Lipinski definition) is 5. The molecular formula is C26H33F3N2O3. The molecule has 0 unspecified atom stereocenters. The van der Waals surface area contributed by atoms with Crippen LogP contribution in [-0.2, 0) is 15.7 Å². The summed E-state index contributed by atoms with van der Waals surface area (Å²) in [6.45, 7) is 7.30. The summed E-state index contributed by atoms with van der Waals surface area (Å²) in [7, 11) is 0.